The summed E-state index contributed by atoms with van der Waals surface area (Å²) in [4.78, 5) is 12.3. The molecule has 5 rings (SSSR count). The van der Waals surface area contributed by atoms with Crippen LogP contribution in [0.4, 0.5) is 0 Å². The summed E-state index contributed by atoms with van der Waals surface area (Å²) in [5.41, 5.74) is 7.25. The number of nitrogens with one attached hydrogen (secondary N) is 4. The van der Waals surface area contributed by atoms with Crippen molar-refractivity contribution in [2.45, 2.75) is 0 Å². The van der Waals surface area contributed by atoms with Crippen LogP contribution in [0, 0.1) is 5.41 Å². The molecule has 146 valence electrons. The SMILES string of the molecule is CN/C=C(\C=N)c1ccc2[nH]nc(-c3cc4c(-c5cccnc5)nccc4[nH]3)c2c1. The summed E-state index contributed by atoms with van der Waals surface area (Å²) in [7, 11) is 1.82. The zero-order valence-corrected chi connectivity index (χ0v) is 16.3. The Bertz CT molecular complexity index is 1390. The normalized spacial score (nSPS) is 11.8. The van der Waals surface area contributed by atoms with Crippen LogP contribution in [0.2, 0.25) is 0 Å². The van der Waals surface area contributed by atoms with E-state index in [0.717, 1.165) is 55.6 Å². The molecule has 4 heterocycles. The molecule has 0 aliphatic heterocycles. The Morgan fingerprint density at radius 1 is 1.03 bits per heavy atom. The molecule has 0 radical (unpaired) electrons. The first-order valence-electron chi connectivity index (χ1n) is 9.53. The van der Waals surface area contributed by atoms with Crippen molar-refractivity contribution < 1.29 is 0 Å². The highest BCUT2D eigenvalue weighted by Crippen LogP contribution is 2.33. The maximum Gasteiger partial charge on any atom is 0.116 e. The number of hydrogen-bond donors (Lipinski definition) is 4. The molecule has 1 aromatic carbocycles. The lowest BCUT2D eigenvalue weighted by Gasteiger charge is -2.03. The zero-order valence-electron chi connectivity index (χ0n) is 16.3. The Labute approximate surface area is 172 Å². The predicted octanol–water partition coefficient (Wildman–Crippen LogP) is 4.38. The second kappa shape index (κ2) is 7.29. The molecular formula is C23H19N7. The average molecular weight is 393 g/mol. The second-order valence-corrected chi connectivity index (χ2v) is 6.91. The third kappa shape index (κ3) is 2.93. The number of fused-ring (bicyclic) bond motifs is 2. The lowest BCUT2D eigenvalue weighted by Crippen LogP contribution is -1.97. The van der Waals surface area contributed by atoms with Crippen molar-refractivity contribution in [3.63, 3.8) is 0 Å². The van der Waals surface area contributed by atoms with Crippen LogP contribution in [0.15, 0.2) is 67.3 Å². The van der Waals surface area contributed by atoms with Gasteiger partial charge in [-0.1, -0.05) is 6.07 Å². The highest BCUT2D eigenvalue weighted by molar-refractivity contribution is 6.10. The number of nitrogens with zero attached hydrogens (tertiary/aromatic N) is 3. The van der Waals surface area contributed by atoms with Gasteiger partial charge in [-0.2, -0.15) is 5.10 Å². The van der Waals surface area contributed by atoms with Crippen LogP contribution in [0.25, 0.3) is 50.0 Å². The molecule has 0 fully saturated rings. The van der Waals surface area contributed by atoms with Crippen LogP contribution in [-0.2, 0) is 0 Å². The third-order valence-electron chi connectivity index (χ3n) is 5.09. The van der Waals surface area contributed by atoms with Crippen molar-refractivity contribution >= 4 is 33.6 Å². The van der Waals surface area contributed by atoms with Crippen LogP contribution < -0.4 is 5.32 Å². The van der Waals surface area contributed by atoms with Gasteiger partial charge in [0, 0.05) is 65.5 Å². The molecule has 7 nitrogen and oxygen atoms in total. The predicted molar refractivity (Wildman–Crippen MR) is 120 cm³/mol. The van der Waals surface area contributed by atoms with E-state index >= 15 is 0 Å². The summed E-state index contributed by atoms with van der Waals surface area (Å²) in [5, 5.41) is 20.3. The largest absolute Gasteiger partial charge is 0.393 e. The van der Waals surface area contributed by atoms with Crippen molar-refractivity contribution in [1.29, 1.82) is 5.41 Å². The monoisotopic (exact) mass is 393 g/mol. The molecule has 0 saturated heterocycles. The first-order valence-corrected chi connectivity index (χ1v) is 9.53. The molecule has 4 N–H and O–H groups in total. The van der Waals surface area contributed by atoms with Gasteiger partial charge in [-0.05, 0) is 42.0 Å². The second-order valence-electron chi connectivity index (χ2n) is 6.91. The van der Waals surface area contributed by atoms with Gasteiger partial charge >= 0.3 is 0 Å². The van der Waals surface area contributed by atoms with Crippen LogP contribution in [0.5, 0.6) is 0 Å². The summed E-state index contributed by atoms with van der Waals surface area (Å²) in [5.74, 6) is 0. The number of H-pyrrole nitrogens is 2. The van der Waals surface area contributed by atoms with Crippen molar-refractivity contribution in [3.8, 4) is 22.6 Å². The minimum absolute atomic E-state index is 0.797. The van der Waals surface area contributed by atoms with Gasteiger partial charge in [-0.25, -0.2) is 0 Å². The van der Waals surface area contributed by atoms with Crippen molar-refractivity contribution in [2.75, 3.05) is 7.05 Å². The lowest BCUT2D eigenvalue weighted by atomic mass is 10.0. The number of pyridine rings is 2. The van der Waals surface area contributed by atoms with E-state index in [0.29, 0.717) is 0 Å². The van der Waals surface area contributed by atoms with E-state index in [9.17, 15) is 0 Å². The third-order valence-corrected chi connectivity index (χ3v) is 5.09. The van der Waals surface area contributed by atoms with Crippen LogP contribution in [-0.4, -0.2) is 38.4 Å². The van der Waals surface area contributed by atoms with Gasteiger partial charge in [0.25, 0.3) is 0 Å². The molecule has 0 unspecified atom stereocenters. The Morgan fingerprint density at radius 2 is 1.93 bits per heavy atom. The minimum Gasteiger partial charge on any atom is -0.393 e. The molecule has 0 spiro atoms. The first-order chi connectivity index (χ1) is 14.8. The smallest absolute Gasteiger partial charge is 0.116 e. The fraction of sp³-hybridized carbons (Fsp3) is 0.0435. The Balaban J connectivity index is 1.67. The standard InChI is InChI=1S/C23H19N7/c1-25-12-16(11-24)14-4-5-20-17(9-14)23(30-29-20)21-10-18-19(28-21)6-8-27-22(18)15-3-2-7-26-13-15/h2-13,24-25,28H,1H3,(H,29,30)/b16-12+,24-11?. The molecule has 0 amide bonds. The van der Waals surface area contributed by atoms with E-state index in [1.807, 2.05) is 55.8 Å². The Kier molecular flexibility index (Phi) is 4.33. The fourth-order valence-corrected chi connectivity index (χ4v) is 3.68. The van der Waals surface area contributed by atoms with Gasteiger partial charge < -0.3 is 15.7 Å². The maximum atomic E-state index is 7.69. The molecule has 0 bridgehead atoms. The summed E-state index contributed by atoms with van der Waals surface area (Å²) >= 11 is 0. The topological polar surface area (TPSA) is 106 Å². The maximum absolute atomic E-state index is 7.69. The summed E-state index contributed by atoms with van der Waals surface area (Å²) in [6.07, 6.45) is 8.52. The van der Waals surface area contributed by atoms with Gasteiger partial charge in [0.2, 0.25) is 0 Å². The van der Waals surface area contributed by atoms with Crippen molar-refractivity contribution in [2.24, 2.45) is 0 Å². The van der Waals surface area contributed by atoms with Gasteiger partial charge in [-0.3, -0.25) is 15.1 Å². The van der Waals surface area contributed by atoms with Gasteiger partial charge in [0.1, 0.15) is 5.69 Å². The number of aromatic amines is 2. The molecule has 4 aromatic heterocycles. The number of rotatable bonds is 5. The number of aromatic nitrogens is 5. The Hall–Kier alpha value is -4.26. The van der Waals surface area contributed by atoms with E-state index in [-0.39, 0.29) is 0 Å². The highest BCUT2D eigenvalue weighted by Gasteiger charge is 2.15. The molecule has 7 heteroatoms. The quantitative estimate of drug-likeness (QED) is 0.333. The molecule has 0 aliphatic carbocycles. The first kappa shape index (κ1) is 17.8. The summed E-state index contributed by atoms with van der Waals surface area (Å²) in [6.45, 7) is 0. The van der Waals surface area contributed by atoms with E-state index in [2.05, 4.69) is 36.5 Å². The average Bonchev–Trinajstić information content (AvgIpc) is 3.41. The number of allylic oxidation sites excluding steroid dienone is 1. The minimum atomic E-state index is 0.797. The summed E-state index contributed by atoms with van der Waals surface area (Å²) in [6, 6.07) is 14.0. The highest BCUT2D eigenvalue weighted by atomic mass is 15.1. The number of benzene rings is 1. The van der Waals surface area contributed by atoms with E-state index in [4.69, 9.17) is 5.41 Å². The van der Waals surface area contributed by atoms with Crippen molar-refractivity contribution in [3.05, 3.63) is 72.8 Å². The van der Waals surface area contributed by atoms with Gasteiger partial charge in [-0.15, -0.1) is 0 Å². The van der Waals surface area contributed by atoms with E-state index in [1.54, 1.807) is 12.4 Å². The lowest BCUT2D eigenvalue weighted by molar-refractivity contribution is 1.11. The molecular weight excluding hydrogens is 374 g/mol. The van der Waals surface area contributed by atoms with Crippen LogP contribution in [0.1, 0.15) is 5.56 Å². The molecule has 0 atom stereocenters. The summed E-state index contributed by atoms with van der Waals surface area (Å²) < 4.78 is 0. The molecule has 0 aliphatic rings. The van der Waals surface area contributed by atoms with E-state index in [1.165, 1.54) is 6.21 Å². The fourth-order valence-electron chi connectivity index (χ4n) is 3.68. The van der Waals surface area contributed by atoms with Crippen molar-refractivity contribution in [1.82, 2.24) is 30.5 Å². The van der Waals surface area contributed by atoms with Gasteiger partial charge in [0.05, 0.1) is 16.9 Å². The van der Waals surface area contributed by atoms with Gasteiger partial charge in [0.15, 0.2) is 0 Å². The number of hydrogen-bond acceptors (Lipinski definition) is 5. The molecule has 30 heavy (non-hydrogen) atoms. The molecule has 0 saturated carbocycles. The Morgan fingerprint density at radius 3 is 2.73 bits per heavy atom. The molecule has 5 aromatic rings. The van der Waals surface area contributed by atoms with Crippen LogP contribution >= 0.6 is 0 Å². The van der Waals surface area contributed by atoms with E-state index < -0.39 is 0 Å². The van der Waals surface area contributed by atoms with Crippen LogP contribution in [0.3, 0.4) is 0 Å². The zero-order chi connectivity index (χ0) is 20.5.